The summed E-state index contributed by atoms with van der Waals surface area (Å²) in [4.78, 5) is 6.83. The highest BCUT2D eigenvalue weighted by Crippen LogP contribution is 2.23. The molecule has 96 valence electrons. The van der Waals surface area contributed by atoms with Gasteiger partial charge in [-0.25, -0.2) is 4.98 Å². The van der Waals surface area contributed by atoms with E-state index in [2.05, 4.69) is 9.97 Å². The minimum absolute atomic E-state index is 0.170. The van der Waals surface area contributed by atoms with Gasteiger partial charge in [0.2, 0.25) is 0 Å². The Morgan fingerprint density at radius 2 is 1.88 bits per heavy atom. The molecule has 2 nitrogen and oxygen atoms in total. The van der Waals surface area contributed by atoms with Crippen molar-refractivity contribution in [2.24, 2.45) is 0 Å². The molecule has 0 fully saturated rings. The van der Waals surface area contributed by atoms with Gasteiger partial charge in [0.25, 0.3) is 0 Å². The van der Waals surface area contributed by atoms with Crippen LogP contribution in [0.2, 0.25) is 0 Å². The second-order valence-electron chi connectivity index (χ2n) is 4.94. The number of aromatic nitrogens is 2. The minimum Gasteiger partial charge on any atom is -0.347 e. The number of halogens is 3. The Balaban J connectivity index is 2.95. The summed E-state index contributed by atoms with van der Waals surface area (Å²) in [5, 5.41) is 0. The zero-order chi connectivity index (χ0) is 13.3. The number of rotatable bonds is 2. The van der Waals surface area contributed by atoms with Gasteiger partial charge in [-0.2, -0.15) is 13.2 Å². The molecular formula is C11H15F3N2S. The lowest BCUT2D eigenvalue weighted by Crippen LogP contribution is -2.16. The highest BCUT2D eigenvalue weighted by Gasteiger charge is 2.27. The third-order valence-electron chi connectivity index (χ3n) is 2.25. The van der Waals surface area contributed by atoms with Gasteiger partial charge < -0.3 is 4.98 Å². The fourth-order valence-corrected chi connectivity index (χ4v) is 1.52. The molecule has 0 aromatic carbocycles. The van der Waals surface area contributed by atoms with Crippen molar-refractivity contribution >= 4 is 12.2 Å². The third-order valence-corrected chi connectivity index (χ3v) is 2.45. The van der Waals surface area contributed by atoms with Crippen LogP contribution in [0.5, 0.6) is 0 Å². The Morgan fingerprint density at radius 3 is 2.35 bits per heavy atom. The Hall–Kier alpha value is -0.910. The Labute approximate surface area is 103 Å². The van der Waals surface area contributed by atoms with Crippen molar-refractivity contribution in [3.05, 3.63) is 22.2 Å². The molecule has 0 unspecified atom stereocenters. The summed E-state index contributed by atoms with van der Waals surface area (Å²) < 4.78 is 36.7. The molecule has 1 aromatic heterocycles. The molecular weight excluding hydrogens is 249 g/mol. The van der Waals surface area contributed by atoms with E-state index < -0.39 is 12.6 Å². The van der Waals surface area contributed by atoms with E-state index in [0.717, 1.165) is 5.69 Å². The van der Waals surface area contributed by atoms with E-state index >= 15 is 0 Å². The fourth-order valence-electron chi connectivity index (χ4n) is 1.29. The molecule has 0 amide bonds. The molecule has 0 aliphatic carbocycles. The summed E-state index contributed by atoms with van der Waals surface area (Å²) in [7, 11) is 0. The van der Waals surface area contributed by atoms with Crippen LogP contribution < -0.4 is 0 Å². The van der Waals surface area contributed by atoms with E-state index in [1.165, 1.54) is 0 Å². The number of aromatic amines is 1. The van der Waals surface area contributed by atoms with Gasteiger partial charge in [-0.05, 0) is 6.07 Å². The Kier molecular flexibility index (Phi) is 3.96. The lowest BCUT2D eigenvalue weighted by atomic mass is 9.92. The molecule has 1 N–H and O–H groups in total. The molecule has 0 aliphatic rings. The average Bonchev–Trinajstić information content (AvgIpc) is 2.11. The lowest BCUT2D eigenvalue weighted by Gasteiger charge is -2.19. The summed E-state index contributed by atoms with van der Waals surface area (Å²) in [5.41, 5.74) is 0.610. The first-order valence-electron chi connectivity index (χ1n) is 5.25. The maximum atomic E-state index is 12.1. The molecule has 0 saturated carbocycles. The van der Waals surface area contributed by atoms with Crippen LogP contribution in [0, 0.1) is 4.64 Å². The number of nitrogens with one attached hydrogen (secondary N) is 1. The molecule has 0 radical (unpaired) electrons. The second-order valence-corrected chi connectivity index (χ2v) is 5.36. The maximum Gasteiger partial charge on any atom is 0.389 e. The van der Waals surface area contributed by atoms with Crippen molar-refractivity contribution in [1.29, 1.82) is 0 Å². The van der Waals surface area contributed by atoms with Crippen LogP contribution in [0.25, 0.3) is 0 Å². The summed E-state index contributed by atoms with van der Waals surface area (Å²) in [6.45, 7) is 5.88. The summed E-state index contributed by atoms with van der Waals surface area (Å²) in [5.74, 6) is 0.291. The number of alkyl halides is 3. The Morgan fingerprint density at radius 1 is 1.29 bits per heavy atom. The molecule has 1 heterocycles. The van der Waals surface area contributed by atoms with Gasteiger partial charge >= 0.3 is 6.18 Å². The average molecular weight is 264 g/mol. The number of H-pyrrole nitrogens is 1. The number of hydrogen-bond acceptors (Lipinski definition) is 2. The highest BCUT2D eigenvalue weighted by molar-refractivity contribution is 7.71. The van der Waals surface area contributed by atoms with Crippen molar-refractivity contribution in [3.8, 4) is 0 Å². The molecule has 0 aliphatic heterocycles. The molecule has 17 heavy (non-hydrogen) atoms. The first-order chi connectivity index (χ1) is 7.58. The predicted octanol–water partition coefficient (Wildman–Crippen LogP) is 3.93. The van der Waals surface area contributed by atoms with E-state index in [9.17, 15) is 13.2 Å². The van der Waals surface area contributed by atoms with Gasteiger partial charge in [0.05, 0.1) is 6.42 Å². The van der Waals surface area contributed by atoms with E-state index in [4.69, 9.17) is 12.2 Å². The van der Waals surface area contributed by atoms with Crippen molar-refractivity contribution in [1.82, 2.24) is 9.97 Å². The molecule has 6 heteroatoms. The molecule has 0 spiro atoms. The first-order valence-corrected chi connectivity index (χ1v) is 5.66. The van der Waals surface area contributed by atoms with Crippen LogP contribution in [0.4, 0.5) is 13.2 Å². The number of hydrogen-bond donors (Lipinski definition) is 1. The normalized spacial score (nSPS) is 12.8. The van der Waals surface area contributed by atoms with Crippen LogP contribution in [0.1, 0.15) is 38.7 Å². The monoisotopic (exact) mass is 264 g/mol. The quantitative estimate of drug-likeness (QED) is 0.820. The van der Waals surface area contributed by atoms with Crippen molar-refractivity contribution < 1.29 is 13.2 Å². The zero-order valence-electron chi connectivity index (χ0n) is 9.98. The molecule has 0 saturated heterocycles. The van der Waals surface area contributed by atoms with E-state index in [1.807, 2.05) is 20.8 Å². The van der Waals surface area contributed by atoms with Crippen LogP contribution in [-0.2, 0) is 11.8 Å². The van der Waals surface area contributed by atoms with Gasteiger partial charge in [-0.1, -0.05) is 33.0 Å². The molecule has 0 bridgehead atoms. The van der Waals surface area contributed by atoms with Crippen molar-refractivity contribution in [2.45, 2.75) is 45.2 Å². The SMILES string of the molecule is CC(C)(C)c1cc(=S)nc(CCC(F)(F)F)[nH]1. The smallest absolute Gasteiger partial charge is 0.347 e. The van der Waals surface area contributed by atoms with Gasteiger partial charge in [0, 0.05) is 17.5 Å². The van der Waals surface area contributed by atoms with Crippen LogP contribution in [-0.4, -0.2) is 16.1 Å². The van der Waals surface area contributed by atoms with Crippen LogP contribution >= 0.6 is 12.2 Å². The van der Waals surface area contributed by atoms with E-state index in [1.54, 1.807) is 6.07 Å². The van der Waals surface area contributed by atoms with Gasteiger partial charge in [0.15, 0.2) is 0 Å². The first kappa shape index (κ1) is 14.2. The topological polar surface area (TPSA) is 28.7 Å². The van der Waals surface area contributed by atoms with Gasteiger partial charge in [-0.3, -0.25) is 0 Å². The second kappa shape index (κ2) is 4.76. The van der Waals surface area contributed by atoms with Crippen LogP contribution in [0.3, 0.4) is 0 Å². The molecule has 1 rings (SSSR count). The van der Waals surface area contributed by atoms with Gasteiger partial charge in [-0.15, -0.1) is 0 Å². The summed E-state index contributed by atoms with van der Waals surface area (Å²) in [6, 6.07) is 1.69. The number of aryl methyl sites for hydroxylation is 1. The van der Waals surface area contributed by atoms with Crippen molar-refractivity contribution in [2.75, 3.05) is 0 Å². The predicted molar refractivity (Wildman–Crippen MR) is 62.5 cm³/mol. The zero-order valence-corrected chi connectivity index (χ0v) is 10.8. The van der Waals surface area contributed by atoms with Crippen LogP contribution in [0.15, 0.2) is 6.07 Å². The van der Waals surface area contributed by atoms with E-state index in [0.29, 0.717) is 10.5 Å². The molecule has 0 atom stereocenters. The highest BCUT2D eigenvalue weighted by atomic mass is 32.1. The minimum atomic E-state index is -4.17. The summed E-state index contributed by atoms with van der Waals surface area (Å²) >= 11 is 4.95. The Bertz CT molecular complexity index is 443. The summed E-state index contributed by atoms with van der Waals surface area (Å²) in [6.07, 6.45) is -5.23. The largest absolute Gasteiger partial charge is 0.389 e. The maximum absolute atomic E-state index is 12.1. The third kappa shape index (κ3) is 4.85. The number of nitrogens with zero attached hydrogens (tertiary/aromatic N) is 1. The van der Waals surface area contributed by atoms with Gasteiger partial charge in [0.1, 0.15) is 10.5 Å². The molecule has 1 aromatic rings. The standard InChI is InChI=1S/C11H15F3N2S/c1-10(2,3)7-6-9(17)16-8(15-7)4-5-11(12,13)14/h6H,4-5H2,1-3H3,(H,15,16,17). The van der Waals surface area contributed by atoms with Crippen molar-refractivity contribution in [3.63, 3.8) is 0 Å². The van der Waals surface area contributed by atoms with E-state index in [-0.39, 0.29) is 11.8 Å². The lowest BCUT2D eigenvalue weighted by molar-refractivity contribution is -0.134. The fraction of sp³-hybridized carbons (Fsp3) is 0.636.